The molecule has 0 spiro atoms. The fourth-order valence-electron chi connectivity index (χ4n) is 4.42. The summed E-state index contributed by atoms with van der Waals surface area (Å²) in [6.07, 6.45) is 2.99. The SMILES string of the molecule is CC(=N)/N=C(\NC(C)C)c1cn2c(n1)-c1ccc(OC3(C)CCN(C(C)C)C3)cc1OCC2. The number of hydrogen-bond donors (Lipinski definition) is 2. The third kappa shape index (κ3) is 5.21. The molecule has 2 N–H and O–H groups in total. The summed E-state index contributed by atoms with van der Waals surface area (Å²) in [5, 5.41) is 11.1. The summed E-state index contributed by atoms with van der Waals surface area (Å²) >= 11 is 0. The van der Waals surface area contributed by atoms with Crippen molar-refractivity contribution in [2.24, 2.45) is 4.99 Å². The van der Waals surface area contributed by atoms with Gasteiger partial charge in [0.1, 0.15) is 41.1 Å². The fourth-order valence-corrected chi connectivity index (χ4v) is 4.42. The highest BCUT2D eigenvalue weighted by Crippen LogP contribution is 2.37. The molecule has 0 saturated carbocycles. The van der Waals surface area contributed by atoms with Crippen molar-refractivity contribution in [1.82, 2.24) is 19.8 Å². The molecule has 1 atom stereocenters. The van der Waals surface area contributed by atoms with Crippen LogP contribution in [0.1, 0.15) is 53.7 Å². The molecule has 1 aromatic carbocycles. The topological polar surface area (TPSA) is 87.8 Å². The van der Waals surface area contributed by atoms with Crippen LogP contribution in [0.15, 0.2) is 29.4 Å². The minimum absolute atomic E-state index is 0.184. The summed E-state index contributed by atoms with van der Waals surface area (Å²) < 4.78 is 14.6. The van der Waals surface area contributed by atoms with Gasteiger partial charge in [0.05, 0.1) is 12.1 Å². The van der Waals surface area contributed by atoms with Crippen LogP contribution in [0.5, 0.6) is 11.5 Å². The Labute approximate surface area is 196 Å². The number of aliphatic imine (C=N–C) groups is 1. The van der Waals surface area contributed by atoms with E-state index in [2.05, 4.69) is 40.5 Å². The summed E-state index contributed by atoms with van der Waals surface area (Å²) in [5.41, 5.74) is 1.46. The Kier molecular flexibility index (Phi) is 6.47. The van der Waals surface area contributed by atoms with Gasteiger partial charge in [0.2, 0.25) is 0 Å². The zero-order valence-corrected chi connectivity index (χ0v) is 20.6. The van der Waals surface area contributed by atoms with Crippen LogP contribution in [-0.2, 0) is 6.54 Å². The first kappa shape index (κ1) is 23.3. The highest BCUT2D eigenvalue weighted by Gasteiger charge is 2.37. The van der Waals surface area contributed by atoms with Gasteiger partial charge in [0.25, 0.3) is 0 Å². The molecule has 4 rings (SSSR count). The molecule has 178 valence electrons. The molecule has 1 aromatic heterocycles. The van der Waals surface area contributed by atoms with Crippen LogP contribution < -0.4 is 14.8 Å². The van der Waals surface area contributed by atoms with Crippen LogP contribution in [0, 0.1) is 5.41 Å². The zero-order chi connectivity index (χ0) is 23.8. The maximum absolute atomic E-state index is 7.80. The number of aromatic nitrogens is 2. The Bertz CT molecular complexity index is 1060. The quantitative estimate of drug-likeness (QED) is 0.530. The molecule has 1 saturated heterocycles. The number of hydrogen-bond acceptors (Lipinski definition) is 5. The van der Waals surface area contributed by atoms with E-state index in [1.807, 2.05) is 38.2 Å². The van der Waals surface area contributed by atoms with E-state index in [4.69, 9.17) is 19.9 Å². The molecule has 2 aliphatic heterocycles. The van der Waals surface area contributed by atoms with Crippen molar-refractivity contribution < 1.29 is 9.47 Å². The van der Waals surface area contributed by atoms with Gasteiger partial charge in [-0.15, -0.1) is 0 Å². The Morgan fingerprint density at radius 2 is 2.06 bits per heavy atom. The van der Waals surface area contributed by atoms with Crippen LogP contribution in [0.2, 0.25) is 0 Å². The van der Waals surface area contributed by atoms with Gasteiger partial charge in [-0.25, -0.2) is 9.98 Å². The van der Waals surface area contributed by atoms with E-state index < -0.39 is 0 Å². The molecule has 0 amide bonds. The second-order valence-electron chi connectivity index (χ2n) is 9.86. The van der Waals surface area contributed by atoms with Crippen molar-refractivity contribution in [2.45, 2.75) is 72.2 Å². The molecular formula is C25H36N6O2. The highest BCUT2D eigenvalue weighted by atomic mass is 16.5. The van der Waals surface area contributed by atoms with E-state index >= 15 is 0 Å². The second kappa shape index (κ2) is 9.17. The normalized spacial score (nSPS) is 20.9. The van der Waals surface area contributed by atoms with Crippen LogP contribution >= 0.6 is 0 Å². The minimum atomic E-state index is -0.201. The number of fused-ring (bicyclic) bond motifs is 3. The molecule has 0 bridgehead atoms. The second-order valence-corrected chi connectivity index (χ2v) is 9.86. The lowest BCUT2D eigenvalue weighted by atomic mass is 10.1. The molecule has 3 heterocycles. The average molecular weight is 453 g/mol. The lowest BCUT2D eigenvalue weighted by molar-refractivity contribution is 0.0906. The molecule has 2 aliphatic rings. The largest absolute Gasteiger partial charge is 0.491 e. The number of imidazole rings is 1. The van der Waals surface area contributed by atoms with E-state index in [-0.39, 0.29) is 17.5 Å². The smallest absolute Gasteiger partial charge is 0.155 e. The van der Waals surface area contributed by atoms with Crippen LogP contribution in [-0.4, -0.2) is 63.5 Å². The van der Waals surface area contributed by atoms with Crippen molar-refractivity contribution in [3.05, 3.63) is 30.1 Å². The maximum atomic E-state index is 7.80. The zero-order valence-electron chi connectivity index (χ0n) is 20.6. The van der Waals surface area contributed by atoms with Crippen molar-refractivity contribution in [3.8, 4) is 22.9 Å². The summed E-state index contributed by atoms with van der Waals surface area (Å²) in [6, 6.07) is 6.74. The number of nitrogens with zero attached hydrogens (tertiary/aromatic N) is 4. The van der Waals surface area contributed by atoms with Crippen LogP contribution in [0.3, 0.4) is 0 Å². The van der Waals surface area contributed by atoms with E-state index in [1.165, 1.54) is 0 Å². The Morgan fingerprint density at radius 1 is 1.27 bits per heavy atom. The summed E-state index contributed by atoms with van der Waals surface area (Å²) in [4.78, 5) is 11.7. The summed E-state index contributed by atoms with van der Waals surface area (Å²) in [6.45, 7) is 15.6. The minimum Gasteiger partial charge on any atom is -0.491 e. The number of ether oxygens (including phenoxy) is 2. The first-order valence-corrected chi connectivity index (χ1v) is 11.8. The summed E-state index contributed by atoms with van der Waals surface area (Å²) in [5.74, 6) is 3.30. The molecular weight excluding hydrogens is 416 g/mol. The van der Waals surface area contributed by atoms with E-state index in [9.17, 15) is 0 Å². The third-order valence-electron chi connectivity index (χ3n) is 6.07. The standard InChI is InChI=1S/C25H36N6O2/c1-16(2)27-23(28-18(5)26)21-14-30-11-12-32-22-13-19(7-8-20(22)24(30)29-21)33-25(6)9-10-31(15-25)17(3)4/h7-8,13-14,16-17H,9-12,15H2,1-6H3,(H2,26,27,28). The molecule has 1 fully saturated rings. The predicted molar refractivity (Wildman–Crippen MR) is 132 cm³/mol. The van der Waals surface area contributed by atoms with E-state index in [0.717, 1.165) is 48.1 Å². The number of likely N-dealkylation sites (tertiary alicyclic amines) is 1. The Morgan fingerprint density at radius 3 is 2.73 bits per heavy atom. The first-order valence-electron chi connectivity index (χ1n) is 11.8. The molecule has 8 heteroatoms. The lowest BCUT2D eigenvalue weighted by Gasteiger charge is -2.28. The molecule has 33 heavy (non-hydrogen) atoms. The van der Waals surface area contributed by atoms with Crippen LogP contribution in [0.25, 0.3) is 11.4 Å². The van der Waals surface area contributed by atoms with Gasteiger partial charge in [-0.1, -0.05) is 0 Å². The van der Waals surface area contributed by atoms with Crippen molar-refractivity contribution >= 4 is 11.7 Å². The van der Waals surface area contributed by atoms with Gasteiger partial charge in [0, 0.05) is 43.9 Å². The third-order valence-corrected chi connectivity index (χ3v) is 6.07. The first-order chi connectivity index (χ1) is 15.6. The van der Waals surface area contributed by atoms with E-state index in [1.54, 1.807) is 6.92 Å². The van der Waals surface area contributed by atoms with Gasteiger partial charge in [-0.3, -0.25) is 10.3 Å². The van der Waals surface area contributed by atoms with Gasteiger partial charge in [-0.05, 0) is 53.7 Å². The summed E-state index contributed by atoms with van der Waals surface area (Å²) in [7, 11) is 0. The number of nitrogens with one attached hydrogen (secondary N) is 2. The Hall–Kier alpha value is -2.87. The van der Waals surface area contributed by atoms with Gasteiger partial charge >= 0.3 is 0 Å². The molecule has 0 aliphatic carbocycles. The van der Waals surface area contributed by atoms with Crippen molar-refractivity contribution in [1.29, 1.82) is 5.41 Å². The van der Waals surface area contributed by atoms with Gasteiger partial charge < -0.3 is 19.4 Å². The Balaban J connectivity index is 1.62. The van der Waals surface area contributed by atoms with Crippen LogP contribution in [0.4, 0.5) is 0 Å². The fraction of sp³-hybridized carbons (Fsp3) is 0.560. The van der Waals surface area contributed by atoms with Gasteiger partial charge in [-0.2, -0.15) is 0 Å². The highest BCUT2D eigenvalue weighted by molar-refractivity contribution is 6.04. The molecule has 0 radical (unpaired) electrons. The monoisotopic (exact) mass is 452 g/mol. The van der Waals surface area contributed by atoms with Gasteiger partial charge in [0.15, 0.2) is 5.84 Å². The maximum Gasteiger partial charge on any atom is 0.155 e. The lowest BCUT2D eigenvalue weighted by Crippen LogP contribution is -2.38. The number of rotatable bonds is 5. The average Bonchev–Trinajstić information content (AvgIpc) is 3.27. The molecule has 2 aromatic rings. The van der Waals surface area contributed by atoms with E-state index in [0.29, 0.717) is 25.0 Å². The number of benzene rings is 1. The predicted octanol–water partition coefficient (Wildman–Crippen LogP) is 3.94. The molecule has 1 unspecified atom stereocenters. The van der Waals surface area contributed by atoms with Crippen molar-refractivity contribution in [2.75, 3.05) is 19.7 Å². The molecule has 8 nitrogen and oxygen atoms in total. The number of amidine groups is 2. The van der Waals surface area contributed by atoms with Crippen molar-refractivity contribution in [3.63, 3.8) is 0 Å².